The van der Waals surface area contributed by atoms with Gasteiger partial charge in [0.25, 0.3) is 0 Å². The Kier molecular flexibility index (Phi) is 5.69. The van der Waals surface area contributed by atoms with Crippen LogP contribution in [-0.2, 0) is 15.6 Å². The van der Waals surface area contributed by atoms with Crippen LogP contribution < -0.4 is 14.4 Å². The molecule has 1 aromatic rings. The molecule has 1 rings (SSSR count). The Hall–Kier alpha value is -1.89. The largest absolute Gasteiger partial charge is 0.493 e. The first-order valence-electron chi connectivity index (χ1n) is 5.72. The average Bonchev–Trinajstić information content (AvgIpc) is 2.44. The second kappa shape index (κ2) is 7.04. The van der Waals surface area contributed by atoms with E-state index in [4.69, 9.17) is 9.47 Å². The van der Waals surface area contributed by atoms with E-state index < -0.39 is 10.8 Å². The number of Topliss-reactive ketones (excluding diaryl/α,β-unsaturated/α-hetero) is 1. The first-order valence-corrected chi connectivity index (χ1v) is 7.44. The van der Waals surface area contributed by atoms with Crippen LogP contribution in [0.2, 0.25) is 0 Å². The van der Waals surface area contributed by atoms with Gasteiger partial charge in [-0.2, -0.15) is 0 Å². The Labute approximate surface area is 120 Å². The molecule has 0 N–H and O–H groups in total. The van der Waals surface area contributed by atoms with E-state index in [1.165, 1.54) is 38.5 Å². The summed E-state index contributed by atoms with van der Waals surface area (Å²) >= 11 is 0. The Bertz CT molecular complexity index is 544. The van der Waals surface area contributed by atoms with Crippen LogP contribution in [0.3, 0.4) is 0 Å². The molecular weight excluding hydrogens is 282 g/mol. The van der Waals surface area contributed by atoms with Gasteiger partial charge < -0.3 is 14.4 Å². The lowest BCUT2D eigenvalue weighted by atomic mass is 10.1. The normalized spacial score (nSPS) is 11.6. The van der Waals surface area contributed by atoms with Crippen LogP contribution in [0.4, 0.5) is 5.69 Å². The third-order valence-electron chi connectivity index (χ3n) is 2.67. The standard InChI is InChI=1S/C13H17NO5S/c1-14(8-15)10-6-13(19-3)12(18-2)5-9(10)11(16)7-20(4)17/h5-6,8H,7H2,1-4H3. The minimum Gasteiger partial charge on any atom is -0.493 e. The molecule has 0 radical (unpaired) electrons. The van der Waals surface area contributed by atoms with E-state index in [1.54, 1.807) is 6.07 Å². The number of amides is 1. The number of nitrogens with zero attached hydrogens (tertiary/aromatic N) is 1. The van der Waals surface area contributed by atoms with Crippen LogP contribution in [0.5, 0.6) is 11.5 Å². The van der Waals surface area contributed by atoms with Crippen LogP contribution in [0.15, 0.2) is 12.1 Å². The van der Waals surface area contributed by atoms with E-state index in [9.17, 15) is 13.8 Å². The zero-order chi connectivity index (χ0) is 15.3. The van der Waals surface area contributed by atoms with E-state index in [1.807, 2.05) is 0 Å². The van der Waals surface area contributed by atoms with E-state index in [2.05, 4.69) is 0 Å². The highest BCUT2D eigenvalue weighted by Gasteiger charge is 2.19. The van der Waals surface area contributed by atoms with Gasteiger partial charge in [0.15, 0.2) is 17.3 Å². The molecule has 0 saturated carbocycles. The highest BCUT2D eigenvalue weighted by Crippen LogP contribution is 2.34. The Morgan fingerprint density at radius 1 is 1.30 bits per heavy atom. The number of carbonyl (C=O) groups excluding carboxylic acids is 2. The highest BCUT2D eigenvalue weighted by atomic mass is 32.2. The fraction of sp³-hybridized carbons (Fsp3) is 0.385. The molecule has 0 aliphatic rings. The lowest BCUT2D eigenvalue weighted by Crippen LogP contribution is -2.20. The van der Waals surface area contributed by atoms with Gasteiger partial charge in [-0.3, -0.25) is 13.8 Å². The quantitative estimate of drug-likeness (QED) is 0.551. The molecule has 0 heterocycles. The number of anilines is 1. The van der Waals surface area contributed by atoms with Crippen LogP contribution in [0, 0.1) is 0 Å². The van der Waals surface area contributed by atoms with Crippen LogP contribution in [0.25, 0.3) is 0 Å². The summed E-state index contributed by atoms with van der Waals surface area (Å²) in [6.45, 7) is 0. The van der Waals surface area contributed by atoms with Crippen molar-refractivity contribution in [3.8, 4) is 11.5 Å². The van der Waals surface area contributed by atoms with E-state index in [0.717, 1.165) is 0 Å². The molecule has 1 aromatic carbocycles. The van der Waals surface area contributed by atoms with Gasteiger partial charge in [0, 0.05) is 35.7 Å². The number of ketones is 1. The van der Waals surface area contributed by atoms with Crippen LogP contribution in [0.1, 0.15) is 10.4 Å². The highest BCUT2D eigenvalue weighted by molar-refractivity contribution is 7.85. The Balaban J connectivity index is 3.41. The molecule has 0 aromatic heterocycles. The van der Waals surface area contributed by atoms with Crippen molar-refractivity contribution in [3.05, 3.63) is 17.7 Å². The van der Waals surface area contributed by atoms with Gasteiger partial charge in [-0.25, -0.2) is 0 Å². The van der Waals surface area contributed by atoms with Crippen molar-refractivity contribution in [3.63, 3.8) is 0 Å². The first-order chi connectivity index (χ1) is 9.44. The maximum absolute atomic E-state index is 12.1. The number of hydrogen-bond acceptors (Lipinski definition) is 5. The van der Waals surface area contributed by atoms with Gasteiger partial charge in [-0.05, 0) is 6.07 Å². The number of ether oxygens (including phenoxy) is 2. The fourth-order valence-electron chi connectivity index (χ4n) is 1.70. The van der Waals surface area contributed by atoms with Gasteiger partial charge in [0.1, 0.15) is 0 Å². The summed E-state index contributed by atoms with van der Waals surface area (Å²) in [4.78, 5) is 24.3. The minimum atomic E-state index is -1.26. The summed E-state index contributed by atoms with van der Waals surface area (Å²) in [5, 5.41) is 0. The van der Waals surface area contributed by atoms with Crippen LogP contribution >= 0.6 is 0 Å². The molecule has 6 nitrogen and oxygen atoms in total. The monoisotopic (exact) mass is 299 g/mol. The SMILES string of the molecule is COc1cc(C(=O)CS(C)=O)c(N(C)C=O)cc1OC. The maximum atomic E-state index is 12.1. The predicted octanol–water partition coefficient (Wildman–Crippen LogP) is 0.858. The molecule has 1 atom stereocenters. The number of rotatable bonds is 7. The van der Waals surface area contributed by atoms with Gasteiger partial charge in [-0.1, -0.05) is 0 Å². The Morgan fingerprint density at radius 3 is 2.30 bits per heavy atom. The lowest BCUT2D eigenvalue weighted by molar-refractivity contribution is -0.107. The zero-order valence-corrected chi connectivity index (χ0v) is 12.7. The first kappa shape index (κ1) is 16.2. The number of hydrogen-bond donors (Lipinski definition) is 0. The van der Waals surface area contributed by atoms with Gasteiger partial charge >= 0.3 is 0 Å². The summed E-state index contributed by atoms with van der Waals surface area (Å²) in [6, 6.07) is 3.03. The molecule has 20 heavy (non-hydrogen) atoms. The summed E-state index contributed by atoms with van der Waals surface area (Å²) in [5.41, 5.74) is 0.653. The third kappa shape index (κ3) is 3.57. The van der Waals surface area contributed by atoms with Crippen molar-refractivity contribution < 1.29 is 23.3 Å². The molecule has 0 saturated heterocycles. The molecular formula is C13H17NO5S. The zero-order valence-electron chi connectivity index (χ0n) is 11.8. The van der Waals surface area contributed by atoms with Crippen molar-refractivity contribution in [2.24, 2.45) is 0 Å². The van der Waals surface area contributed by atoms with Crippen LogP contribution in [-0.4, -0.2) is 49.7 Å². The van der Waals surface area contributed by atoms with Gasteiger partial charge in [0.05, 0.1) is 25.7 Å². The third-order valence-corrected chi connectivity index (χ3v) is 3.34. The second-order valence-corrected chi connectivity index (χ2v) is 5.52. The van der Waals surface area contributed by atoms with E-state index in [-0.39, 0.29) is 17.1 Å². The molecule has 0 bridgehead atoms. The summed E-state index contributed by atoms with van der Waals surface area (Å²) < 4.78 is 21.5. The second-order valence-electron chi connectivity index (χ2n) is 4.08. The summed E-state index contributed by atoms with van der Waals surface area (Å²) in [7, 11) is 3.17. The summed E-state index contributed by atoms with van der Waals surface area (Å²) in [6.07, 6.45) is 2.03. The number of methoxy groups -OCH3 is 2. The maximum Gasteiger partial charge on any atom is 0.213 e. The molecule has 1 unspecified atom stereocenters. The molecule has 0 aliphatic heterocycles. The van der Waals surface area contributed by atoms with Crippen molar-refractivity contribution in [1.29, 1.82) is 0 Å². The van der Waals surface area contributed by atoms with Gasteiger partial charge in [0.2, 0.25) is 6.41 Å². The molecule has 0 fully saturated rings. The Morgan fingerprint density at radius 2 is 1.85 bits per heavy atom. The lowest BCUT2D eigenvalue weighted by Gasteiger charge is -2.18. The summed E-state index contributed by atoms with van der Waals surface area (Å²) in [5.74, 6) is 0.344. The molecule has 110 valence electrons. The van der Waals surface area contributed by atoms with Crippen molar-refractivity contribution >= 4 is 28.7 Å². The van der Waals surface area contributed by atoms with Crippen molar-refractivity contribution in [2.45, 2.75) is 0 Å². The van der Waals surface area contributed by atoms with Crippen molar-refractivity contribution in [1.82, 2.24) is 0 Å². The smallest absolute Gasteiger partial charge is 0.213 e. The molecule has 7 heteroatoms. The number of benzene rings is 1. The van der Waals surface area contributed by atoms with E-state index >= 15 is 0 Å². The number of carbonyl (C=O) groups is 2. The molecule has 1 amide bonds. The van der Waals surface area contributed by atoms with Gasteiger partial charge in [-0.15, -0.1) is 0 Å². The molecule has 0 aliphatic carbocycles. The topological polar surface area (TPSA) is 72.9 Å². The molecule has 0 spiro atoms. The average molecular weight is 299 g/mol. The fourth-order valence-corrected chi connectivity index (χ4v) is 2.23. The minimum absolute atomic E-state index is 0.116. The van der Waals surface area contributed by atoms with E-state index in [0.29, 0.717) is 23.6 Å². The van der Waals surface area contributed by atoms with Crippen molar-refractivity contribution in [2.75, 3.05) is 38.2 Å². The predicted molar refractivity (Wildman–Crippen MR) is 77.3 cm³/mol.